The molecule has 0 saturated heterocycles. The lowest BCUT2D eigenvalue weighted by Gasteiger charge is -2.11. The van der Waals surface area contributed by atoms with Crippen molar-refractivity contribution in [2.75, 3.05) is 11.9 Å². The highest BCUT2D eigenvalue weighted by Crippen LogP contribution is 2.26. The summed E-state index contributed by atoms with van der Waals surface area (Å²) >= 11 is 0. The normalized spacial score (nSPS) is 10.1. The van der Waals surface area contributed by atoms with Crippen molar-refractivity contribution in [3.63, 3.8) is 0 Å². The Bertz CT molecular complexity index is 629. The number of aromatic carboxylic acids is 1. The Balaban J connectivity index is 2.26. The number of hydrogen-bond donors (Lipinski definition) is 2. The van der Waals surface area contributed by atoms with Gasteiger partial charge in [-0.05, 0) is 26.0 Å². The van der Waals surface area contributed by atoms with Gasteiger partial charge in [0.05, 0.1) is 23.6 Å². The van der Waals surface area contributed by atoms with Crippen LogP contribution in [0.5, 0.6) is 5.75 Å². The fourth-order valence-electron chi connectivity index (χ4n) is 1.71. The van der Waals surface area contributed by atoms with Crippen LogP contribution in [0, 0.1) is 6.92 Å². The fourth-order valence-corrected chi connectivity index (χ4v) is 1.71. The van der Waals surface area contributed by atoms with Gasteiger partial charge in [-0.1, -0.05) is 12.1 Å². The Morgan fingerprint density at radius 2 is 2.15 bits per heavy atom. The number of anilines is 2. The van der Waals surface area contributed by atoms with Gasteiger partial charge in [0.2, 0.25) is 5.95 Å². The van der Waals surface area contributed by atoms with Crippen molar-refractivity contribution in [1.82, 2.24) is 9.97 Å². The van der Waals surface area contributed by atoms with Crippen molar-refractivity contribution >= 4 is 17.6 Å². The van der Waals surface area contributed by atoms with E-state index in [1.54, 1.807) is 6.92 Å². The Kier molecular flexibility index (Phi) is 4.14. The second kappa shape index (κ2) is 6.01. The summed E-state index contributed by atoms with van der Waals surface area (Å²) < 4.78 is 5.49. The SMILES string of the molecule is CCOc1ccccc1Nc1ncc(C(=O)O)c(C)n1. The topological polar surface area (TPSA) is 84.3 Å². The van der Waals surface area contributed by atoms with Crippen LogP contribution in [-0.4, -0.2) is 27.7 Å². The number of carboxylic acids is 1. The third-order valence-corrected chi connectivity index (χ3v) is 2.64. The van der Waals surface area contributed by atoms with Crippen molar-refractivity contribution in [2.24, 2.45) is 0 Å². The van der Waals surface area contributed by atoms with Gasteiger partial charge < -0.3 is 15.2 Å². The lowest BCUT2D eigenvalue weighted by molar-refractivity contribution is 0.0695. The van der Waals surface area contributed by atoms with E-state index >= 15 is 0 Å². The summed E-state index contributed by atoms with van der Waals surface area (Å²) in [7, 11) is 0. The van der Waals surface area contributed by atoms with Crippen molar-refractivity contribution in [3.05, 3.63) is 41.7 Å². The number of aryl methyl sites for hydroxylation is 1. The van der Waals surface area contributed by atoms with E-state index in [0.29, 0.717) is 24.0 Å². The molecular formula is C14H15N3O3. The molecule has 6 heteroatoms. The molecule has 2 aromatic rings. The summed E-state index contributed by atoms with van der Waals surface area (Å²) in [4.78, 5) is 19.0. The van der Waals surface area contributed by atoms with Crippen LogP contribution in [0.25, 0.3) is 0 Å². The molecule has 0 amide bonds. The number of aromatic nitrogens is 2. The van der Waals surface area contributed by atoms with E-state index in [-0.39, 0.29) is 5.56 Å². The lowest BCUT2D eigenvalue weighted by atomic mass is 10.2. The molecule has 0 fully saturated rings. The second-order valence-corrected chi connectivity index (χ2v) is 4.05. The zero-order valence-electron chi connectivity index (χ0n) is 11.3. The predicted molar refractivity (Wildman–Crippen MR) is 74.6 cm³/mol. The van der Waals surface area contributed by atoms with Gasteiger partial charge in [-0.2, -0.15) is 0 Å². The zero-order valence-corrected chi connectivity index (χ0v) is 11.3. The van der Waals surface area contributed by atoms with Gasteiger partial charge in [-0.3, -0.25) is 0 Å². The Labute approximate surface area is 116 Å². The van der Waals surface area contributed by atoms with E-state index in [9.17, 15) is 4.79 Å². The summed E-state index contributed by atoms with van der Waals surface area (Å²) in [5.41, 5.74) is 1.23. The molecule has 0 aliphatic heterocycles. The van der Waals surface area contributed by atoms with E-state index in [0.717, 1.165) is 5.69 Å². The number of carbonyl (C=O) groups is 1. The van der Waals surface area contributed by atoms with Gasteiger partial charge in [0.25, 0.3) is 0 Å². The number of rotatable bonds is 5. The molecule has 2 rings (SSSR count). The smallest absolute Gasteiger partial charge is 0.339 e. The number of carboxylic acid groups (broad SMARTS) is 1. The quantitative estimate of drug-likeness (QED) is 0.871. The molecule has 104 valence electrons. The third-order valence-electron chi connectivity index (χ3n) is 2.64. The van der Waals surface area contributed by atoms with Crippen LogP contribution >= 0.6 is 0 Å². The first-order valence-corrected chi connectivity index (χ1v) is 6.17. The van der Waals surface area contributed by atoms with Crippen molar-refractivity contribution in [3.8, 4) is 5.75 Å². The van der Waals surface area contributed by atoms with Crippen LogP contribution in [0.2, 0.25) is 0 Å². The molecule has 0 bridgehead atoms. The highest BCUT2D eigenvalue weighted by Gasteiger charge is 2.11. The van der Waals surface area contributed by atoms with Gasteiger partial charge in [0, 0.05) is 6.20 Å². The minimum absolute atomic E-state index is 0.0913. The maximum Gasteiger partial charge on any atom is 0.339 e. The summed E-state index contributed by atoms with van der Waals surface area (Å²) in [6, 6.07) is 7.41. The molecule has 0 radical (unpaired) electrons. The molecule has 0 aliphatic carbocycles. The molecule has 6 nitrogen and oxygen atoms in total. The first kappa shape index (κ1) is 13.8. The first-order valence-electron chi connectivity index (χ1n) is 6.17. The molecule has 1 heterocycles. The van der Waals surface area contributed by atoms with Crippen LogP contribution in [0.3, 0.4) is 0 Å². The second-order valence-electron chi connectivity index (χ2n) is 4.05. The molecule has 0 spiro atoms. The summed E-state index contributed by atoms with van der Waals surface area (Å²) in [6.45, 7) is 4.08. The number of nitrogens with zero attached hydrogens (tertiary/aromatic N) is 2. The van der Waals surface area contributed by atoms with Gasteiger partial charge >= 0.3 is 5.97 Å². The molecule has 20 heavy (non-hydrogen) atoms. The average molecular weight is 273 g/mol. The van der Waals surface area contributed by atoms with Crippen LogP contribution < -0.4 is 10.1 Å². The molecule has 2 N–H and O–H groups in total. The Morgan fingerprint density at radius 3 is 2.80 bits per heavy atom. The number of hydrogen-bond acceptors (Lipinski definition) is 5. The molecule has 0 atom stereocenters. The van der Waals surface area contributed by atoms with E-state index in [4.69, 9.17) is 9.84 Å². The molecule has 0 unspecified atom stereocenters. The maximum absolute atomic E-state index is 10.9. The first-order chi connectivity index (χ1) is 9.61. The average Bonchev–Trinajstić information content (AvgIpc) is 2.41. The Morgan fingerprint density at radius 1 is 1.40 bits per heavy atom. The monoisotopic (exact) mass is 273 g/mol. The standard InChI is InChI=1S/C14H15N3O3/c1-3-20-12-7-5-4-6-11(12)17-14-15-8-10(13(18)19)9(2)16-14/h4-8H,3H2,1-2H3,(H,18,19)(H,15,16,17). The molecule has 0 aliphatic rings. The van der Waals surface area contributed by atoms with Gasteiger partial charge in [0.1, 0.15) is 5.75 Å². The molecule has 1 aromatic heterocycles. The van der Waals surface area contributed by atoms with E-state index in [1.165, 1.54) is 6.20 Å². The molecule has 1 aromatic carbocycles. The van der Waals surface area contributed by atoms with Gasteiger partial charge in [0.15, 0.2) is 0 Å². The molecular weight excluding hydrogens is 258 g/mol. The predicted octanol–water partition coefficient (Wildman–Crippen LogP) is 2.63. The largest absolute Gasteiger partial charge is 0.492 e. The minimum atomic E-state index is -1.04. The van der Waals surface area contributed by atoms with Crippen molar-refractivity contribution < 1.29 is 14.6 Å². The van der Waals surface area contributed by atoms with Crippen LogP contribution in [-0.2, 0) is 0 Å². The van der Waals surface area contributed by atoms with E-state index in [1.807, 2.05) is 31.2 Å². The Hall–Kier alpha value is -2.63. The van der Waals surface area contributed by atoms with Gasteiger partial charge in [-0.25, -0.2) is 14.8 Å². The van der Waals surface area contributed by atoms with Crippen LogP contribution in [0.4, 0.5) is 11.6 Å². The van der Waals surface area contributed by atoms with E-state index < -0.39 is 5.97 Å². The summed E-state index contributed by atoms with van der Waals surface area (Å²) in [5, 5.41) is 12.0. The number of nitrogens with one attached hydrogen (secondary N) is 1. The highest BCUT2D eigenvalue weighted by atomic mass is 16.5. The number of ether oxygens (including phenoxy) is 1. The van der Waals surface area contributed by atoms with Gasteiger partial charge in [-0.15, -0.1) is 0 Å². The summed E-state index contributed by atoms with van der Waals surface area (Å²) in [5.74, 6) is -0.0121. The van der Waals surface area contributed by atoms with Crippen molar-refractivity contribution in [1.29, 1.82) is 0 Å². The van der Waals surface area contributed by atoms with Crippen LogP contribution in [0.15, 0.2) is 30.5 Å². The highest BCUT2D eigenvalue weighted by molar-refractivity contribution is 5.88. The summed E-state index contributed by atoms with van der Waals surface area (Å²) in [6.07, 6.45) is 1.29. The number of benzene rings is 1. The van der Waals surface area contributed by atoms with Crippen molar-refractivity contribution in [2.45, 2.75) is 13.8 Å². The lowest BCUT2D eigenvalue weighted by Crippen LogP contribution is -2.06. The number of para-hydroxylation sites is 2. The fraction of sp³-hybridized carbons (Fsp3) is 0.214. The molecule has 0 saturated carbocycles. The van der Waals surface area contributed by atoms with E-state index in [2.05, 4.69) is 15.3 Å². The minimum Gasteiger partial charge on any atom is -0.492 e. The maximum atomic E-state index is 10.9. The zero-order chi connectivity index (χ0) is 14.5. The third kappa shape index (κ3) is 3.03. The van der Waals surface area contributed by atoms with Crippen LogP contribution in [0.1, 0.15) is 23.0 Å².